The van der Waals surface area contributed by atoms with Crippen LogP contribution in [0.5, 0.6) is 11.5 Å². The molecule has 4 aromatic heterocycles. The molecule has 0 N–H and O–H groups in total. The maximum absolute atomic E-state index is 14.5. The minimum Gasteiger partial charge on any atom is -0.454 e. The second-order valence-electron chi connectivity index (χ2n) is 18.8. The number of methoxy groups -OCH3 is 2. The Bertz CT molecular complexity index is 3360. The van der Waals surface area contributed by atoms with Crippen LogP contribution in [0.1, 0.15) is 93.4 Å². The summed E-state index contributed by atoms with van der Waals surface area (Å²) in [6.45, 7) is 1.51. The molecule has 3 saturated carbocycles. The summed E-state index contributed by atoms with van der Waals surface area (Å²) in [6.07, 6.45) is -10.7. The molecule has 2 atom stereocenters. The summed E-state index contributed by atoms with van der Waals surface area (Å²) in [5, 5.41) is -0.175. The number of hydrogen-bond donors (Lipinski definition) is 0. The van der Waals surface area contributed by atoms with E-state index in [0.29, 0.717) is 43.5 Å². The number of aromatic nitrogens is 5. The molecule has 5 aromatic rings. The van der Waals surface area contributed by atoms with E-state index in [0.717, 1.165) is 31.3 Å². The van der Waals surface area contributed by atoms with Gasteiger partial charge in [-0.25, -0.2) is 23.7 Å². The lowest BCUT2D eigenvalue weighted by molar-refractivity contribution is -0.144. The smallest absolute Gasteiger partial charge is 0.433 e. The summed E-state index contributed by atoms with van der Waals surface area (Å²) >= 11 is 5.98. The van der Waals surface area contributed by atoms with Crippen molar-refractivity contribution in [2.45, 2.75) is 77.2 Å². The van der Waals surface area contributed by atoms with Crippen LogP contribution in [0.3, 0.4) is 0 Å². The van der Waals surface area contributed by atoms with Crippen molar-refractivity contribution in [1.82, 2.24) is 24.1 Å². The van der Waals surface area contributed by atoms with Gasteiger partial charge in [-0.15, -0.1) is 0 Å². The summed E-state index contributed by atoms with van der Waals surface area (Å²) in [5.41, 5.74) is -7.55. The molecular formula is C54H50ClF10N5O13. The van der Waals surface area contributed by atoms with Crippen molar-refractivity contribution in [3.63, 3.8) is 0 Å². The quantitative estimate of drug-likeness (QED) is 0.0366. The van der Waals surface area contributed by atoms with E-state index in [1.807, 2.05) is 0 Å². The molecule has 18 nitrogen and oxygen atoms in total. The molecule has 2 bridgehead atoms. The van der Waals surface area contributed by atoms with Gasteiger partial charge in [-0.2, -0.15) is 39.5 Å². The summed E-state index contributed by atoms with van der Waals surface area (Å²) in [4.78, 5) is 110. The molecule has 3 aliphatic rings. The SMILES string of the molecule is COCCOCc1nc(C(F)(F)F)ccc1C(=O)C1C(=O)C2CCC(C2)C1=O.COCCOCc1nc(C(F)(F)F)ccc1C(=O)C1C(=O)CCCC1=O.Cc1ncccc1Oc1cc(-n2c(=O)cc(C(F)(F)F)n(C)c2=O)c(F)cc1Cl. The zero-order chi connectivity index (χ0) is 61.3. The van der Waals surface area contributed by atoms with Crippen LogP contribution in [0.4, 0.5) is 43.9 Å². The number of ketones is 6. The number of rotatable bonds is 17. The second kappa shape index (κ2) is 27.3. The zero-order valence-electron chi connectivity index (χ0n) is 44.3. The fourth-order valence-electron chi connectivity index (χ4n) is 9.07. The number of nitrogens with zero attached hydrogens (tertiary/aromatic N) is 5. The van der Waals surface area contributed by atoms with Gasteiger partial charge in [0.25, 0.3) is 5.56 Å². The van der Waals surface area contributed by atoms with Crippen LogP contribution in [0, 0.1) is 36.4 Å². The van der Waals surface area contributed by atoms with Crippen molar-refractivity contribution in [2.75, 3.05) is 40.6 Å². The Kier molecular flexibility index (Phi) is 21.3. The molecule has 4 heterocycles. The molecule has 2 unspecified atom stereocenters. The maximum Gasteiger partial charge on any atom is 0.433 e. The first kappa shape index (κ1) is 64.8. The van der Waals surface area contributed by atoms with E-state index in [-0.39, 0.29) is 119 Å². The Morgan fingerprint density at radius 2 is 1.18 bits per heavy atom. The molecule has 0 aliphatic heterocycles. The van der Waals surface area contributed by atoms with Gasteiger partial charge in [-0.05, 0) is 75.1 Å². The van der Waals surface area contributed by atoms with E-state index < -0.39 is 105 Å². The van der Waals surface area contributed by atoms with Crippen LogP contribution >= 0.6 is 11.6 Å². The number of hydrogen-bond acceptors (Lipinski definition) is 16. The van der Waals surface area contributed by atoms with Crippen LogP contribution in [0.25, 0.3) is 5.69 Å². The minimum absolute atomic E-state index is 0.0867. The number of pyridine rings is 3. The molecule has 3 fully saturated rings. The van der Waals surface area contributed by atoms with Gasteiger partial charge in [0, 0.05) is 75.4 Å². The third-order valence-corrected chi connectivity index (χ3v) is 13.5. The van der Waals surface area contributed by atoms with E-state index in [2.05, 4.69) is 15.0 Å². The molecule has 8 rings (SSSR count). The van der Waals surface area contributed by atoms with Gasteiger partial charge < -0.3 is 23.7 Å². The summed E-state index contributed by atoms with van der Waals surface area (Å²) < 4.78 is 157. The van der Waals surface area contributed by atoms with Crippen LogP contribution in [0.2, 0.25) is 5.02 Å². The molecule has 0 amide bonds. The van der Waals surface area contributed by atoms with Gasteiger partial charge in [0.15, 0.2) is 34.7 Å². The Hall–Kier alpha value is -7.40. The summed E-state index contributed by atoms with van der Waals surface area (Å²) in [7, 11) is 3.70. The lowest BCUT2D eigenvalue weighted by atomic mass is 9.75. The first-order valence-electron chi connectivity index (χ1n) is 25.0. The predicted molar refractivity (Wildman–Crippen MR) is 268 cm³/mol. The van der Waals surface area contributed by atoms with Crippen molar-refractivity contribution in [3.8, 4) is 17.2 Å². The predicted octanol–water partition coefficient (Wildman–Crippen LogP) is 8.86. The molecule has 0 saturated heterocycles. The van der Waals surface area contributed by atoms with E-state index in [1.54, 1.807) is 19.1 Å². The van der Waals surface area contributed by atoms with Gasteiger partial charge >= 0.3 is 24.2 Å². The monoisotopic (exact) mass is 1200 g/mol. The molecule has 446 valence electrons. The third kappa shape index (κ3) is 15.6. The number of fused-ring (bicyclic) bond motifs is 2. The number of aryl methyl sites for hydroxylation is 1. The lowest BCUT2D eigenvalue weighted by Gasteiger charge is -2.25. The summed E-state index contributed by atoms with van der Waals surface area (Å²) in [6, 6.07) is 8.36. The molecule has 1 aromatic carbocycles. The fourth-order valence-corrected chi connectivity index (χ4v) is 9.26. The average Bonchev–Trinajstić information content (AvgIpc) is 3.59. The van der Waals surface area contributed by atoms with E-state index in [9.17, 15) is 82.3 Å². The zero-order valence-corrected chi connectivity index (χ0v) is 45.0. The van der Waals surface area contributed by atoms with Crippen molar-refractivity contribution in [3.05, 3.63) is 138 Å². The Balaban J connectivity index is 0.000000200. The van der Waals surface area contributed by atoms with Crippen molar-refractivity contribution in [2.24, 2.45) is 30.7 Å². The molecule has 3 aliphatic carbocycles. The van der Waals surface area contributed by atoms with Gasteiger partial charge in [-0.1, -0.05) is 11.6 Å². The maximum atomic E-state index is 14.5. The number of Topliss-reactive ketones (excluding diaryl/α,β-unsaturated/α-hetero) is 6. The Morgan fingerprint density at radius 1 is 0.675 bits per heavy atom. The highest BCUT2D eigenvalue weighted by Crippen LogP contribution is 2.42. The van der Waals surface area contributed by atoms with E-state index in [4.69, 9.17) is 35.3 Å². The molecular weight excluding hydrogens is 1150 g/mol. The largest absolute Gasteiger partial charge is 0.454 e. The lowest BCUT2D eigenvalue weighted by Crippen LogP contribution is -2.42. The highest BCUT2D eigenvalue weighted by atomic mass is 35.5. The van der Waals surface area contributed by atoms with Crippen LogP contribution < -0.4 is 16.0 Å². The average molecular weight is 1200 g/mol. The standard InChI is InChI=1S/C19H20F3NO5.C18H12ClF4N3O3.C17H18F3NO5/c1-27-6-7-28-9-13-12(4-5-14(23-13)19(20,21)22)18(26)15-16(24)10-2-3-11(8-10)17(15)25;1-9-13(4-3-5-24-9)29-14-7-12(11(20)6-10(14)19)26-16(27)8-15(18(21,22)23)25(2)17(26)28;1-25-7-8-26-9-11-10(5-6-14(21-11)17(18,19)20)16(24)15-12(22)3-2-4-13(15)23/h4-5,10-11,15H,2-3,6-9H2,1H3;3-8H,1-2H3;5-6,15H,2-4,7-9H2,1H3. The molecule has 29 heteroatoms. The van der Waals surface area contributed by atoms with Gasteiger partial charge in [0.1, 0.15) is 46.2 Å². The number of halogens is 11. The van der Waals surface area contributed by atoms with Crippen LogP contribution in [-0.2, 0) is 76.9 Å². The van der Waals surface area contributed by atoms with Gasteiger partial charge in [-0.3, -0.25) is 43.1 Å². The van der Waals surface area contributed by atoms with Gasteiger partial charge in [0.05, 0.1) is 67.4 Å². The van der Waals surface area contributed by atoms with Gasteiger partial charge in [0.2, 0.25) is 0 Å². The van der Waals surface area contributed by atoms with Crippen LogP contribution in [0.15, 0.2) is 70.4 Å². The minimum atomic E-state index is -4.93. The highest BCUT2D eigenvalue weighted by Gasteiger charge is 2.50. The van der Waals surface area contributed by atoms with Crippen molar-refractivity contribution in [1.29, 1.82) is 0 Å². The summed E-state index contributed by atoms with van der Waals surface area (Å²) in [5.74, 6) is -8.05. The second-order valence-corrected chi connectivity index (χ2v) is 19.2. The topological polar surface area (TPSA) is 231 Å². The number of carbonyl (C=O) groups excluding carboxylic acids is 6. The number of carbonyl (C=O) groups is 6. The number of alkyl halides is 9. The first-order valence-corrected chi connectivity index (χ1v) is 25.4. The number of ether oxygens (including phenoxy) is 5. The normalized spacial score (nSPS) is 17.4. The third-order valence-electron chi connectivity index (χ3n) is 13.3. The first-order chi connectivity index (χ1) is 39.0. The van der Waals surface area contributed by atoms with Crippen molar-refractivity contribution < 1.29 is 96.4 Å². The molecule has 0 radical (unpaired) electrons. The number of benzene rings is 1. The van der Waals surface area contributed by atoms with Crippen LogP contribution in [-0.4, -0.2) is 99.4 Å². The molecule has 83 heavy (non-hydrogen) atoms. The van der Waals surface area contributed by atoms with E-state index in [1.165, 1.54) is 20.4 Å². The Morgan fingerprint density at radius 3 is 1.65 bits per heavy atom. The van der Waals surface area contributed by atoms with E-state index >= 15 is 0 Å². The van der Waals surface area contributed by atoms with Crippen molar-refractivity contribution >= 4 is 46.3 Å². The fraction of sp³-hybridized carbons (Fsp3) is 0.426. The highest BCUT2D eigenvalue weighted by molar-refractivity contribution is 6.32. The Labute approximate surface area is 469 Å². The molecule has 0 spiro atoms.